The van der Waals surface area contributed by atoms with Gasteiger partial charge >= 0.3 is 5.97 Å². The highest BCUT2D eigenvalue weighted by Crippen LogP contribution is 2.23. The van der Waals surface area contributed by atoms with E-state index in [0.29, 0.717) is 12.3 Å². The molecule has 1 fully saturated rings. The average molecular weight is 319 g/mol. The van der Waals surface area contributed by atoms with Gasteiger partial charge in [-0.1, -0.05) is 24.3 Å². The summed E-state index contributed by atoms with van der Waals surface area (Å²) in [6.45, 7) is 3.48. The summed E-state index contributed by atoms with van der Waals surface area (Å²) in [5.41, 5.74) is 1.86. The second kappa shape index (κ2) is 8.67. The minimum absolute atomic E-state index is 0.0778. The maximum atomic E-state index is 12.2. The topological polar surface area (TPSA) is 75.6 Å². The van der Waals surface area contributed by atoms with Crippen molar-refractivity contribution in [2.75, 3.05) is 13.2 Å². The monoisotopic (exact) mass is 319 g/mol. The summed E-state index contributed by atoms with van der Waals surface area (Å²) in [5.74, 6) is -0.458. The molecule has 0 saturated carbocycles. The number of carbonyl (C=O) groups excluding carboxylic acids is 1. The Morgan fingerprint density at radius 1 is 1.30 bits per heavy atom. The van der Waals surface area contributed by atoms with Gasteiger partial charge in [0.05, 0.1) is 12.5 Å². The number of hydrogen-bond acceptors (Lipinski definition) is 3. The van der Waals surface area contributed by atoms with Crippen molar-refractivity contribution in [1.82, 2.24) is 5.32 Å². The fourth-order valence-corrected chi connectivity index (χ4v) is 3.03. The van der Waals surface area contributed by atoms with Crippen LogP contribution in [0.15, 0.2) is 24.3 Å². The third kappa shape index (κ3) is 5.67. The van der Waals surface area contributed by atoms with E-state index in [-0.39, 0.29) is 12.3 Å². The number of nitrogens with one attached hydrogen (secondary N) is 1. The first-order valence-corrected chi connectivity index (χ1v) is 8.20. The summed E-state index contributed by atoms with van der Waals surface area (Å²) < 4.78 is 5.32. The molecule has 1 unspecified atom stereocenters. The smallest absolute Gasteiger partial charge is 0.305 e. The third-order valence-corrected chi connectivity index (χ3v) is 4.40. The van der Waals surface area contributed by atoms with Gasteiger partial charge in [-0.25, -0.2) is 0 Å². The molecule has 1 aromatic carbocycles. The zero-order valence-corrected chi connectivity index (χ0v) is 13.6. The second-order valence-electron chi connectivity index (χ2n) is 6.17. The molecule has 126 valence electrons. The minimum atomic E-state index is -0.914. The molecule has 1 aliphatic rings. The van der Waals surface area contributed by atoms with Crippen LogP contribution in [0.1, 0.15) is 49.3 Å². The second-order valence-corrected chi connectivity index (χ2v) is 6.17. The number of aliphatic carboxylic acids is 1. The largest absolute Gasteiger partial charge is 0.481 e. The Kier molecular flexibility index (Phi) is 6.59. The van der Waals surface area contributed by atoms with E-state index in [4.69, 9.17) is 9.84 Å². The third-order valence-electron chi connectivity index (χ3n) is 4.40. The average Bonchev–Trinajstić information content (AvgIpc) is 2.53. The molecule has 0 bridgehead atoms. The number of hydrogen-bond donors (Lipinski definition) is 2. The summed E-state index contributed by atoms with van der Waals surface area (Å²) in [5, 5.41) is 12.0. The van der Waals surface area contributed by atoms with Gasteiger partial charge in [-0.2, -0.15) is 0 Å². The normalized spacial score (nSPS) is 16.7. The van der Waals surface area contributed by atoms with Crippen molar-refractivity contribution >= 4 is 11.9 Å². The number of amides is 1. The standard InChI is InChI=1S/C18H25NO4/c1-13-4-2-3-5-15(13)16(12-18(21)22)19-17(20)7-6-14-8-10-23-11-9-14/h2-5,14,16H,6-12H2,1H3,(H,19,20)(H,21,22). The van der Waals surface area contributed by atoms with Gasteiger partial charge in [-0.3, -0.25) is 9.59 Å². The van der Waals surface area contributed by atoms with Gasteiger partial charge in [0, 0.05) is 19.6 Å². The van der Waals surface area contributed by atoms with Gasteiger partial charge < -0.3 is 15.2 Å². The molecule has 5 heteroatoms. The Morgan fingerprint density at radius 2 is 2.00 bits per heavy atom. The van der Waals surface area contributed by atoms with E-state index < -0.39 is 12.0 Å². The predicted octanol–water partition coefficient (Wildman–Crippen LogP) is 2.83. The van der Waals surface area contributed by atoms with E-state index in [1.54, 1.807) is 0 Å². The lowest BCUT2D eigenvalue weighted by atomic mass is 9.94. The highest BCUT2D eigenvalue weighted by molar-refractivity contribution is 5.77. The van der Waals surface area contributed by atoms with Crippen LogP contribution >= 0.6 is 0 Å². The van der Waals surface area contributed by atoms with Crippen LogP contribution < -0.4 is 5.32 Å². The number of carbonyl (C=O) groups is 2. The van der Waals surface area contributed by atoms with E-state index in [1.165, 1.54) is 0 Å². The van der Waals surface area contributed by atoms with Crippen molar-refractivity contribution in [3.05, 3.63) is 35.4 Å². The van der Waals surface area contributed by atoms with Crippen LogP contribution in [0.25, 0.3) is 0 Å². The molecule has 0 aromatic heterocycles. The number of carboxylic acid groups (broad SMARTS) is 1. The van der Waals surface area contributed by atoms with Crippen LogP contribution in [0, 0.1) is 12.8 Å². The van der Waals surface area contributed by atoms with E-state index >= 15 is 0 Å². The Hall–Kier alpha value is -1.88. The molecule has 2 rings (SSSR count). The van der Waals surface area contributed by atoms with Crippen molar-refractivity contribution < 1.29 is 19.4 Å². The summed E-state index contributed by atoms with van der Waals surface area (Å²) in [6.07, 6.45) is 3.18. The van der Waals surface area contributed by atoms with Crippen molar-refractivity contribution in [1.29, 1.82) is 0 Å². The van der Waals surface area contributed by atoms with Crippen molar-refractivity contribution in [3.8, 4) is 0 Å². The van der Waals surface area contributed by atoms with E-state index in [2.05, 4.69) is 5.32 Å². The molecule has 1 saturated heterocycles. The van der Waals surface area contributed by atoms with Gasteiger partial charge in [-0.15, -0.1) is 0 Å². The van der Waals surface area contributed by atoms with Crippen LogP contribution in [0.5, 0.6) is 0 Å². The summed E-state index contributed by atoms with van der Waals surface area (Å²) in [4.78, 5) is 23.3. The zero-order chi connectivity index (χ0) is 16.7. The van der Waals surface area contributed by atoms with Crippen molar-refractivity contribution in [2.45, 2.75) is 45.1 Å². The molecule has 5 nitrogen and oxygen atoms in total. The fourth-order valence-electron chi connectivity index (χ4n) is 3.03. The van der Waals surface area contributed by atoms with Crippen LogP contribution in [-0.2, 0) is 14.3 Å². The summed E-state index contributed by atoms with van der Waals surface area (Å²) >= 11 is 0. The summed E-state index contributed by atoms with van der Waals surface area (Å²) in [6, 6.07) is 7.10. The molecule has 1 heterocycles. The van der Waals surface area contributed by atoms with Crippen LogP contribution in [0.4, 0.5) is 0 Å². The Labute approximate surface area is 137 Å². The Morgan fingerprint density at radius 3 is 2.65 bits per heavy atom. The Bertz CT molecular complexity index is 538. The predicted molar refractivity (Wildman–Crippen MR) is 87.1 cm³/mol. The highest BCUT2D eigenvalue weighted by Gasteiger charge is 2.21. The molecule has 1 amide bonds. The van der Waals surface area contributed by atoms with Gasteiger partial charge in [0.15, 0.2) is 0 Å². The molecular formula is C18H25NO4. The first-order chi connectivity index (χ1) is 11.1. The molecule has 1 aliphatic heterocycles. The van der Waals surface area contributed by atoms with Crippen LogP contribution in [0.3, 0.4) is 0 Å². The van der Waals surface area contributed by atoms with E-state index in [0.717, 1.165) is 43.6 Å². The molecule has 23 heavy (non-hydrogen) atoms. The fraction of sp³-hybridized carbons (Fsp3) is 0.556. The van der Waals surface area contributed by atoms with Gasteiger partial charge in [0.25, 0.3) is 0 Å². The van der Waals surface area contributed by atoms with Gasteiger partial charge in [-0.05, 0) is 43.2 Å². The quantitative estimate of drug-likeness (QED) is 0.810. The maximum Gasteiger partial charge on any atom is 0.305 e. The molecule has 1 atom stereocenters. The van der Waals surface area contributed by atoms with Crippen LogP contribution in [-0.4, -0.2) is 30.2 Å². The maximum absolute atomic E-state index is 12.2. The lowest BCUT2D eigenvalue weighted by molar-refractivity contribution is -0.137. The number of benzene rings is 1. The number of carboxylic acids is 1. The van der Waals surface area contributed by atoms with Crippen molar-refractivity contribution in [2.24, 2.45) is 5.92 Å². The highest BCUT2D eigenvalue weighted by atomic mass is 16.5. The molecule has 2 N–H and O–H groups in total. The van der Waals surface area contributed by atoms with E-state index in [1.807, 2.05) is 31.2 Å². The molecular weight excluding hydrogens is 294 g/mol. The first kappa shape index (κ1) is 17.5. The molecule has 0 spiro atoms. The number of aryl methyl sites for hydroxylation is 1. The molecule has 0 aliphatic carbocycles. The van der Waals surface area contributed by atoms with Crippen molar-refractivity contribution in [3.63, 3.8) is 0 Å². The number of ether oxygens (including phenoxy) is 1. The van der Waals surface area contributed by atoms with Gasteiger partial charge in [0.2, 0.25) is 5.91 Å². The lowest BCUT2D eigenvalue weighted by Crippen LogP contribution is -2.31. The first-order valence-electron chi connectivity index (χ1n) is 8.20. The minimum Gasteiger partial charge on any atom is -0.481 e. The lowest BCUT2D eigenvalue weighted by Gasteiger charge is -2.23. The molecule has 0 radical (unpaired) electrons. The SMILES string of the molecule is Cc1ccccc1C(CC(=O)O)NC(=O)CCC1CCOCC1. The zero-order valence-electron chi connectivity index (χ0n) is 13.6. The van der Waals surface area contributed by atoms with Gasteiger partial charge in [0.1, 0.15) is 0 Å². The van der Waals surface area contributed by atoms with Crippen LogP contribution in [0.2, 0.25) is 0 Å². The van der Waals surface area contributed by atoms with E-state index in [9.17, 15) is 9.59 Å². The number of rotatable bonds is 7. The Balaban J connectivity index is 1.93. The molecule has 1 aromatic rings. The summed E-state index contributed by atoms with van der Waals surface area (Å²) in [7, 11) is 0.